The first-order valence-corrected chi connectivity index (χ1v) is 6.12. The molecule has 0 radical (unpaired) electrons. The van der Waals surface area contributed by atoms with Crippen LogP contribution in [0.15, 0.2) is 12.4 Å². The van der Waals surface area contributed by atoms with E-state index in [4.69, 9.17) is 0 Å². The van der Waals surface area contributed by atoms with Gasteiger partial charge in [-0.15, -0.1) is 0 Å². The Morgan fingerprint density at radius 3 is 3.06 bits per heavy atom. The highest BCUT2D eigenvalue weighted by molar-refractivity contribution is 5.46. The van der Waals surface area contributed by atoms with Crippen molar-refractivity contribution in [2.75, 3.05) is 18.5 Å². The van der Waals surface area contributed by atoms with E-state index in [1.54, 1.807) is 10.8 Å². The molecule has 5 nitrogen and oxygen atoms in total. The Morgan fingerprint density at radius 2 is 2.29 bits per heavy atom. The molecule has 2 aromatic heterocycles. The SMILES string of the molecule is Cc1cc(N(C)CCC2CC2)n2ncnc2n1. The van der Waals surface area contributed by atoms with Gasteiger partial charge in [0.25, 0.3) is 5.78 Å². The quantitative estimate of drug-likeness (QED) is 0.803. The first-order valence-electron chi connectivity index (χ1n) is 6.12. The molecule has 1 saturated carbocycles. The third kappa shape index (κ3) is 2.09. The number of nitrogens with zero attached hydrogens (tertiary/aromatic N) is 5. The van der Waals surface area contributed by atoms with Crippen LogP contribution in [0.25, 0.3) is 5.78 Å². The standard InChI is InChI=1S/C12H17N5/c1-9-7-11(16(2)6-5-10-3-4-10)17-12(15-9)13-8-14-17/h7-8,10H,3-6H2,1-2H3. The zero-order valence-electron chi connectivity index (χ0n) is 10.3. The largest absolute Gasteiger partial charge is 0.359 e. The summed E-state index contributed by atoms with van der Waals surface area (Å²) in [5, 5.41) is 4.22. The predicted molar refractivity (Wildman–Crippen MR) is 66.1 cm³/mol. The summed E-state index contributed by atoms with van der Waals surface area (Å²) in [4.78, 5) is 10.7. The molecule has 0 aliphatic heterocycles. The molecular formula is C12H17N5. The molecule has 0 bridgehead atoms. The molecule has 0 amide bonds. The molecule has 17 heavy (non-hydrogen) atoms. The maximum absolute atomic E-state index is 4.35. The number of hydrogen-bond acceptors (Lipinski definition) is 4. The molecule has 1 fully saturated rings. The second kappa shape index (κ2) is 3.98. The van der Waals surface area contributed by atoms with E-state index in [1.807, 2.05) is 6.92 Å². The van der Waals surface area contributed by atoms with Crippen LogP contribution < -0.4 is 4.90 Å². The Balaban J connectivity index is 1.88. The average molecular weight is 231 g/mol. The number of aromatic nitrogens is 4. The van der Waals surface area contributed by atoms with Gasteiger partial charge < -0.3 is 4.90 Å². The molecule has 90 valence electrons. The van der Waals surface area contributed by atoms with Gasteiger partial charge in [0, 0.05) is 25.4 Å². The molecule has 0 saturated heterocycles. The summed E-state index contributed by atoms with van der Waals surface area (Å²) >= 11 is 0. The van der Waals surface area contributed by atoms with E-state index in [2.05, 4.69) is 33.1 Å². The molecule has 0 aromatic carbocycles. The van der Waals surface area contributed by atoms with Gasteiger partial charge in [0.15, 0.2) is 0 Å². The van der Waals surface area contributed by atoms with E-state index >= 15 is 0 Å². The fourth-order valence-corrected chi connectivity index (χ4v) is 2.08. The van der Waals surface area contributed by atoms with E-state index in [-0.39, 0.29) is 0 Å². The summed E-state index contributed by atoms with van der Waals surface area (Å²) in [6.45, 7) is 3.07. The van der Waals surface area contributed by atoms with E-state index in [0.29, 0.717) is 5.78 Å². The normalized spacial score (nSPS) is 15.4. The topological polar surface area (TPSA) is 46.3 Å². The molecule has 2 aromatic rings. The van der Waals surface area contributed by atoms with Gasteiger partial charge in [-0.3, -0.25) is 0 Å². The highest BCUT2D eigenvalue weighted by atomic mass is 15.4. The second-order valence-corrected chi connectivity index (χ2v) is 4.88. The highest BCUT2D eigenvalue weighted by Gasteiger charge is 2.21. The zero-order chi connectivity index (χ0) is 11.8. The van der Waals surface area contributed by atoms with Gasteiger partial charge in [-0.25, -0.2) is 4.98 Å². The lowest BCUT2D eigenvalue weighted by Crippen LogP contribution is -2.22. The first kappa shape index (κ1) is 10.5. The Kier molecular flexibility index (Phi) is 2.46. The van der Waals surface area contributed by atoms with E-state index in [1.165, 1.54) is 19.3 Å². The molecule has 3 rings (SSSR count). The minimum Gasteiger partial charge on any atom is -0.359 e. The number of anilines is 1. The van der Waals surface area contributed by atoms with Crippen molar-refractivity contribution in [1.29, 1.82) is 0 Å². The van der Waals surface area contributed by atoms with Crippen LogP contribution in [0.3, 0.4) is 0 Å². The van der Waals surface area contributed by atoms with Crippen molar-refractivity contribution in [2.24, 2.45) is 5.92 Å². The average Bonchev–Trinajstić information content (AvgIpc) is 3.02. The van der Waals surface area contributed by atoms with Crippen molar-refractivity contribution in [3.05, 3.63) is 18.1 Å². The third-order valence-corrected chi connectivity index (χ3v) is 3.32. The van der Waals surface area contributed by atoms with Crippen LogP contribution >= 0.6 is 0 Å². The van der Waals surface area contributed by atoms with Crippen LogP contribution in [0.4, 0.5) is 5.82 Å². The molecular weight excluding hydrogens is 214 g/mol. The van der Waals surface area contributed by atoms with Crippen molar-refractivity contribution >= 4 is 11.6 Å². The predicted octanol–water partition coefficient (Wildman–Crippen LogP) is 1.67. The summed E-state index contributed by atoms with van der Waals surface area (Å²) in [6, 6.07) is 2.06. The summed E-state index contributed by atoms with van der Waals surface area (Å²) in [5.41, 5.74) is 0.985. The molecule has 0 spiro atoms. The van der Waals surface area contributed by atoms with Gasteiger partial charge >= 0.3 is 0 Å². The third-order valence-electron chi connectivity index (χ3n) is 3.32. The van der Waals surface area contributed by atoms with Crippen molar-refractivity contribution < 1.29 is 0 Å². The van der Waals surface area contributed by atoms with Crippen LogP contribution in [0, 0.1) is 12.8 Å². The monoisotopic (exact) mass is 231 g/mol. The Labute approximate surface area is 100 Å². The van der Waals surface area contributed by atoms with Gasteiger partial charge in [0.2, 0.25) is 0 Å². The lowest BCUT2D eigenvalue weighted by atomic mass is 10.3. The van der Waals surface area contributed by atoms with Gasteiger partial charge in [0.1, 0.15) is 12.1 Å². The summed E-state index contributed by atoms with van der Waals surface area (Å²) in [7, 11) is 2.11. The van der Waals surface area contributed by atoms with Crippen LogP contribution in [0.1, 0.15) is 25.0 Å². The Morgan fingerprint density at radius 1 is 1.47 bits per heavy atom. The summed E-state index contributed by atoms with van der Waals surface area (Å²) < 4.78 is 1.81. The maximum atomic E-state index is 4.35. The van der Waals surface area contributed by atoms with E-state index in [0.717, 1.165) is 24.0 Å². The fraction of sp³-hybridized carbons (Fsp3) is 0.583. The second-order valence-electron chi connectivity index (χ2n) is 4.88. The Hall–Kier alpha value is -1.65. The Bertz CT molecular complexity index is 529. The van der Waals surface area contributed by atoms with Crippen LogP contribution in [-0.2, 0) is 0 Å². The van der Waals surface area contributed by atoms with E-state index in [9.17, 15) is 0 Å². The van der Waals surface area contributed by atoms with Crippen molar-refractivity contribution in [2.45, 2.75) is 26.2 Å². The lowest BCUT2D eigenvalue weighted by Gasteiger charge is -2.19. The first-order chi connectivity index (χ1) is 8.24. The summed E-state index contributed by atoms with van der Waals surface area (Å²) in [6.07, 6.45) is 5.64. The van der Waals surface area contributed by atoms with Crippen molar-refractivity contribution in [1.82, 2.24) is 19.6 Å². The molecule has 0 N–H and O–H groups in total. The molecule has 5 heteroatoms. The maximum Gasteiger partial charge on any atom is 0.254 e. The smallest absolute Gasteiger partial charge is 0.254 e. The van der Waals surface area contributed by atoms with Crippen molar-refractivity contribution in [3.8, 4) is 0 Å². The molecule has 0 atom stereocenters. The van der Waals surface area contributed by atoms with Gasteiger partial charge in [0.05, 0.1) is 0 Å². The molecule has 2 heterocycles. The van der Waals surface area contributed by atoms with E-state index < -0.39 is 0 Å². The van der Waals surface area contributed by atoms with Crippen LogP contribution in [0.5, 0.6) is 0 Å². The molecule has 0 unspecified atom stereocenters. The zero-order valence-corrected chi connectivity index (χ0v) is 10.3. The minimum absolute atomic E-state index is 0.679. The molecule has 1 aliphatic carbocycles. The van der Waals surface area contributed by atoms with Gasteiger partial charge in [-0.2, -0.15) is 14.6 Å². The number of hydrogen-bond donors (Lipinski definition) is 0. The number of rotatable bonds is 4. The van der Waals surface area contributed by atoms with Crippen molar-refractivity contribution in [3.63, 3.8) is 0 Å². The lowest BCUT2D eigenvalue weighted by molar-refractivity contribution is 0.697. The summed E-state index contributed by atoms with van der Waals surface area (Å²) in [5.74, 6) is 2.70. The molecule has 1 aliphatic rings. The number of aryl methyl sites for hydroxylation is 1. The van der Waals surface area contributed by atoms with Gasteiger partial charge in [-0.05, 0) is 19.3 Å². The fourth-order valence-electron chi connectivity index (χ4n) is 2.08. The number of fused-ring (bicyclic) bond motifs is 1. The minimum atomic E-state index is 0.679. The van der Waals surface area contributed by atoms with Crippen LogP contribution in [0.2, 0.25) is 0 Å². The van der Waals surface area contributed by atoms with Crippen LogP contribution in [-0.4, -0.2) is 33.2 Å². The van der Waals surface area contributed by atoms with Gasteiger partial charge in [-0.1, -0.05) is 12.8 Å². The highest BCUT2D eigenvalue weighted by Crippen LogP contribution is 2.32.